The molecule has 0 bridgehead atoms. The third-order valence-corrected chi connectivity index (χ3v) is 5.74. The molecule has 2 nitrogen and oxygen atoms in total. The van der Waals surface area contributed by atoms with Crippen LogP contribution in [0.2, 0.25) is 0 Å². The van der Waals surface area contributed by atoms with Crippen LogP contribution in [0.4, 0.5) is 0 Å². The van der Waals surface area contributed by atoms with Crippen molar-refractivity contribution >= 4 is 21.5 Å². The molecule has 0 radical (unpaired) electrons. The topological polar surface area (TPSA) is 40.5 Å². The summed E-state index contributed by atoms with van der Waals surface area (Å²) in [6, 6.07) is 23.8. The lowest BCUT2D eigenvalue weighted by Gasteiger charge is -2.33. The van der Waals surface area contributed by atoms with E-state index in [0.29, 0.717) is 11.5 Å². The normalized spacial score (nSPS) is 11.9. The lowest BCUT2D eigenvalue weighted by atomic mass is 9.70. The summed E-state index contributed by atoms with van der Waals surface area (Å²) in [5, 5.41) is 24.6. The molecule has 0 aromatic heterocycles. The number of phenols is 2. The summed E-state index contributed by atoms with van der Waals surface area (Å²) in [5.74, 6) is 0.618. The Hall–Kier alpha value is -3.00. The van der Waals surface area contributed by atoms with Gasteiger partial charge in [0.2, 0.25) is 0 Å². The minimum Gasteiger partial charge on any atom is -0.507 e. The lowest BCUT2D eigenvalue weighted by Crippen LogP contribution is -2.24. The van der Waals surface area contributed by atoms with Gasteiger partial charge in [-0.05, 0) is 40.5 Å². The van der Waals surface area contributed by atoms with Gasteiger partial charge < -0.3 is 10.2 Å². The average molecular weight is 356 g/mol. The van der Waals surface area contributed by atoms with E-state index in [1.165, 1.54) is 11.1 Å². The first kappa shape index (κ1) is 17.4. The van der Waals surface area contributed by atoms with Crippen LogP contribution in [-0.4, -0.2) is 10.2 Å². The van der Waals surface area contributed by atoms with E-state index in [4.69, 9.17) is 0 Å². The molecule has 0 spiro atoms. The quantitative estimate of drug-likeness (QED) is 0.437. The SMILES string of the molecule is CCCC(C)(c1ccc(O)c2ccccc12)c1ccc(O)c2ccccc12. The Kier molecular flexibility index (Phi) is 4.27. The van der Waals surface area contributed by atoms with Gasteiger partial charge in [0.15, 0.2) is 0 Å². The third-order valence-electron chi connectivity index (χ3n) is 5.74. The van der Waals surface area contributed by atoms with Gasteiger partial charge >= 0.3 is 0 Å². The predicted molar refractivity (Wildman–Crippen MR) is 113 cm³/mol. The molecule has 4 rings (SSSR count). The Morgan fingerprint density at radius 3 is 1.44 bits per heavy atom. The van der Waals surface area contributed by atoms with Crippen molar-refractivity contribution in [2.45, 2.75) is 32.1 Å². The molecule has 4 aromatic rings. The molecule has 0 heterocycles. The fourth-order valence-electron chi connectivity index (χ4n) is 4.44. The molecule has 2 heteroatoms. The van der Waals surface area contributed by atoms with Gasteiger partial charge in [0.05, 0.1) is 0 Å². The molecule has 0 aliphatic carbocycles. The van der Waals surface area contributed by atoms with Crippen LogP contribution in [0, 0.1) is 0 Å². The van der Waals surface area contributed by atoms with Gasteiger partial charge in [0.1, 0.15) is 11.5 Å². The maximum Gasteiger partial charge on any atom is 0.123 e. The van der Waals surface area contributed by atoms with Gasteiger partial charge in [0, 0.05) is 16.2 Å². The Balaban J connectivity index is 2.07. The van der Waals surface area contributed by atoms with Gasteiger partial charge in [-0.15, -0.1) is 0 Å². The molecule has 27 heavy (non-hydrogen) atoms. The van der Waals surface area contributed by atoms with E-state index < -0.39 is 0 Å². The van der Waals surface area contributed by atoms with Crippen molar-refractivity contribution in [3.05, 3.63) is 83.9 Å². The Labute approximate surface area is 159 Å². The monoisotopic (exact) mass is 356 g/mol. The van der Waals surface area contributed by atoms with Crippen molar-refractivity contribution in [3.63, 3.8) is 0 Å². The maximum absolute atomic E-state index is 10.3. The molecule has 0 saturated heterocycles. The third kappa shape index (κ3) is 2.73. The highest BCUT2D eigenvalue weighted by molar-refractivity contribution is 5.95. The van der Waals surface area contributed by atoms with Crippen LogP contribution in [0.1, 0.15) is 37.8 Å². The zero-order chi connectivity index (χ0) is 19.0. The average Bonchev–Trinajstić information content (AvgIpc) is 2.69. The second-order valence-corrected chi connectivity index (χ2v) is 7.44. The fourth-order valence-corrected chi connectivity index (χ4v) is 4.44. The molecular weight excluding hydrogens is 332 g/mol. The van der Waals surface area contributed by atoms with E-state index in [1.807, 2.05) is 36.4 Å². The van der Waals surface area contributed by atoms with Gasteiger partial charge in [-0.1, -0.05) is 80.9 Å². The highest BCUT2D eigenvalue weighted by Crippen LogP contribution is 2.45. The fraction of sp³-hybridized carbons (Fsp3) is 0.200. The molecule has 2 N–H and O–H groups in total. The summed E-state index contributed by atoms with van der Waals surface area (Å²) in [7, 11) is 0. The molecule has 0 aliphatic heterocycles. The Morgan fingerprint density at radius 2 is 1.04 bits per heavy atom. The summed E-state index contributed by atoms with van der Waals surface area (Å²) in [6.45, 7) is 4.47. The molecule has 0 amide bonds. The first-order chi connectivity index (χ1) is 13.1. The Morgan fingerprint density at radius 1 is 0.630 bits per heavy atom. The highest BCUT2D eigenvalue weighted by atomic mass is 16.3. The number of aromatic hydroxyl groups is 2. The van der Waals surface area contributed by atoms with Crippen LogP contribution < -0.4 is 0 Å². The van der Waals surface area contributed by atoms with E-state index >= 15 is 0 Å². The molecule has 4 aromatic carbocycles. The molecule has 0 aliphatic rings. The number of hydrogen-bond donors (Lipinski definition) is 2. The van der Waals surface area contributed by atoms with E-state index in [-0.39, 0.29) is 5.41 Å². The second-order valence-electron chi connectivity index (χ2n) is 7.44. The van der Waals surface area contributed by atoms with Gasteiger partial charge in [-0.25, -0.2) is 0 Å². The minimum absolute atomic E-state index is 0.241. The number of benzene rings is 4. The maximum atomic E-state index is 10.3. The minimum atomic E-state index is -0.241. The van der Waals surface area contributed by atoms with Gasteiger partial charge in [-0.3, -0.25) is 0 Å². The van der Waals surface area contributed by atoms with Crippen LogP contribution in [-0.2, 0) is 5.41 Å². The van der Waals surface area contributed by atoms with Crippen molar-refractivity contribution in [2.24, 2.45) is 0 Å². The lowest BCUT2D eigenvalue weighted by molar-refractivity contribution is 0.478. The second kappa shape index (κ2) is 6.62. The molecule has 136 valence electrons. The number of fused-ring (bicyclic) bond motifs is 2. The smallest absolute Gasteiger partial charge is 0.123 e. The summed E-state index contributed by atoms with van der Waals surface area (Å²) in [4.78, 5) is 0. The van der Waals surface area contributed by atoms with Crippen LogP contribution in [0.5, 0.6) is 11.5 Å². The van der Waals surface area contributed by atoms with E-state index in [2.05, 4.69) is 38.1 Å². The van der Waals surface area contributed by atoms with Crippen molar-refractivity contribution in [3.8, 4) is 11.5 Å². The standard InChI is InChI=1S/C25H24O2/c1-3-16-25(2,21-12-14-23(26)19-10-6-4-8-17(19)21)22-13-15-24(27)20-11-7-5-9-18(20)22/h4-15,26-27H,3,16H2,1-2H3. The largest absolute Gasteiger partial charge is 0.507 e. The molecule has 0 unspecified atom stereocenters. The van der Waals surface area contributed by atoms with Crippen LogP contribution in [0.25, 0.3) is 21.5 Å². The zero-order valence-corrected chi connectivity index (χ0v) is 15.7. The number of rotatable bonds is 4. The van der Waals surface area contributed by atoms with E-state index in [1.54, 1.807) is 12.1 Å². The van der Waals surface area contributed by atoms with E-state index in [9.17, 15) is 10.2 Å². The van der Waals surface area contributed by atoms with E-state index in [0.717, 1.165) is 34.4 Å². The zero-order valence-electron chi connectivity index (χ0n) is 15.7. The van der Waals surface area contributed by atoms with Gasteiger partial charge in [0.25, 0.3) is 0 Å². The number of phenolic OH excluding ortho intramolecular Hbond substituents is 2. The van der Waals surface area contributed by atoms with Crippen LogP contribution in [0.15, 0.2) is 72.8 Å². The number of hydrogen-bond acceptors (Lipinski definition) is 2. The first-order valence-electron chi connectivity index (χ1n) is 9.48. The Bertz CT molecular complexity index is 1040. The molecule has 0 saturated carbocycles. The summed E-state index contributed by atoms with van der Waals surface area (Å²) in [5.41, 5.74) is 2.16. The summed E-state index contributed by atoms with van der Waals surface area (Å²) in [6.07, 6.45) is 2.00. The summed E-state index contributed by atoms with van der Waals surface area (Å²) >= 11 is 0. The van der Waals surface area contributed by atoms with Crippen molar-refractivity contribution < 1.29 is 10.2 Å². The molecule has 0 fully saturated rings. The van der Waals surface area contributed by atoms with Crippen molar-refractivity contribution in [1.29, 1.82) is 0 Å². The first-order valence-corrected chi connectivity index (χ1v) is 9.48. The van der Waals surface area contributed by atoms with Gasteiger partial charge in [-0.2, -0.15) is 0 Å². The molecular formula is C25H24O2. The molecule has 0 atom stereocenters. The predicted octanol–water partition coefficient (Wildman–Crippen LogP) is 6.51. The highest BCUT2D eigenvalue weighted by Gasteiger charge is 2.32. The van der Waals surface area contributed by atoms with Crippen LogP contribution >= 0.6 is 0 Å². The summed E-state index contributed by atoms with van der Waals surface area (Å²) < 4.78 is 0. The van der Waals surface area contributed by atoms with Crippen LogP contribution in [0.3, 0.4) is 0 Å². The van der Waals surface area contributed by atoms with Crippen molar-refractivity contribution in [1.82, 2.24) is 0 Å². The van der Waals surface area contributed by atoms with Crippen molar-refractivity contribution in [2.75, 3.05) is 0 Å².